The average molecular weight is 348 g/mol. The Bertz CT molecular complexity index is 593. The fraction of sp³-hybridized carbons (Fsp3) is 0.722. The second-order valence-corrected chi connectivity index (χ2v) is 7.36. The van der Waals surface area contributed by atoms with Crippen LogP contribution in [0, 0.1) is 11.3 Å². The lowest BCUT2D eigenvalue weighted by Gasteiger charge is -2.51. The van der Waals surface area contributed by atoms with Crippen molar-refractivity contribution < 1.29 is 14.7 Å². The SMILES string of the molecule is CC(=O)N1CCC2(CCN(C(=O)CCn3cccn3)CC2)[C@@H](CO)C1. The molecule has 2 amide bonds. The predicted molar refractivity (Wildman–Crippen MR) is 92.5 cm³/mol. The van der Waals surface area contributed by atoms with E-state index in [1.807, 2.05) is 22.1 Å². The number of likely N-dealkylation sites (tertiary alicyclic amines) is 2. The number of amides is 2. The Hall–Kier alpha value is -1.89. The summed E-state index contributed by atoms with van der Waals surface area (Å²) in [6.45, 7) is 5.20. The summed E-state index contributed by atoms with van der Waals surface area (Å²) in [5.41, 5.74) is 0.0689. The first-order chi connectivity index (χ1) is 12.0. The summed E-state index contributed by atoms with van der Waals surface area (Å²) < 4.78 is 1.78. The molecule has 3 heterocycles. The molecule has 0 saturated carbocycles. The van der Waals surface area contributed by atoms with Crippen LogP contribution in [0.25, 0.3) is 0 Å². The van der Waals surface area contributed by atoms with Crippen LogP contribution in [0.4, 0.5) is 0 Å². The van der Waals surface area contributed by atoms with Gasteiger partial charge in [0.1, 0.15) is 0 Å². The summed E-state index contributed by atoms with van der Waals surface area (Å²) in [5.74, 6) is 0.373. The van der Waals surface area contributed by atoms with Crippen molar-refractivity contribution >= 4 is 11.8 Å². The maximum absolute atomic E-state index is 12.4. The molecule has 2 aliphatic heterocycles. The minimum absolute atomic E-state index is 0.0689. The molecule has 0 unspecified atom stereocenters. The predicted octanol–water partition coefficient (Wildman–Crippen LogP) is 0.743. The van der Waals surface area contributed by atoms with Crippen molar-refractivity contribution in [2.45, 2.75) is 39.2 Å². The van der Waals surface area contributed by atoms with Crippen LogP contribution in [0.3, 0.4) is 0 Å². The summed E-state index contributed by atoms with van der Waals surface area (Å²) in [5, 5.41) is 14.0. The van der Waals surface area contributed by atoms with Gasteiger partial charge in [-0.1, -0.05) is 0 Å². The fourth-order valence-electron chi connectivity index (χ4n) is 4.31. The highest BCUT2D eigenvalue weighted by molar-refractivity contribution is 5.76. The summed E-state index contributed by atoms with van der Waals surface area (Å²) in [6.07, 6.45) is 6.81. The number of piperidine rings is 2. The molecule has 2 aliphatic rings. The van der Waals surface area contributed by atoms with Gasteiger partial charge in [-0.15, -0.1) is 0 Å². The first kappa shape index (κ1) is 17.9. The number of hydrogen-bond acceptors (Lipinski definition) is 4. The average Bonchev–Trinajstić information content (AvgIpc) is 3.14. The Morgan fingerprint density at radius 3 is 2.44 bits per heavy atom. The lowest BCUT2D eigenvalue weighted by Crippen LogP contribution is -2.55. The van der Waals surface area contributed by atoms with E-state index in [-0.39, 0.29) is 29.8 Å². The van der Waals surface area contributed by atoms with Crippen molar-refractivity contribution in [2.24, 2.45) is 11.3 Å². The van der Waals surface area contributed by atoms with Crippen LogP contribution in [0.5, 0.6) is 0 Å². The van der Waals surface area contributed by atoms with Crippen molar-refractivity contribution in [3.8, 4) is 0 Å². The topological polar surface area (TPSA) is 78.7 Å². The summed E-state index contributed by atoms with van der Waals surface area (Å²) in [6, 6.07) is 1.86. The molecule has 0 bridgehead atoms. The number of carbonyl (C=O) groups excluding carboxylic acids is 2. The van der Waals surface area contributed by atoms with E-state index in [1.165, 1.54) is 0 Å². The molecule has 1 spiro atoms. The Kier molecular flexibility index (Phi) is 5.42. The van der Waals surface area contributed by atoms with Crippen LogP contribution in [0.15, 0.2) is 18.5 Å². The quantitative estimate of drug-likeness (QED) is 0.871. The summed E-state index contributed by atoms with van der Waals surface area (Å²) >= 11 is 0. The Morgan fingerprint density at radius 2 is 1.88 bits per heavy atom. The van der Waals surface area contributed by atoms with Gasteiger partial charge in [0.05, 0.1) is 0 Å². The Balaban J connectivity index is 1.53. The standard InChI is InChI=1S/C18H28N4O3/c1-15(24)21-12-6-18(16(13-21)14-23)4-10-20(11-5-18)17(25)3-9-22-8-2-7-19-22/h2,7-8,16,23H,3-6,9-14H2,1H3/t16-/m1/s1. The van der Waals surface area contributed by atoms with E-state index in [2.05, 4.69) is 5.10 Å². The Labute approximate surface area is 148 Å². The maximum atomic E-state index is 12.4. The van der Waals surface area contributed by atoms with Crippen LogP contribution in [0.1, 0.15) is 32.6 Å². The number of aryl methyl sites for hydroxylation is 1. The third-order valence-electron chi connectivity index (χ3n) is 6.08. The zero-order valence-corrected chi connectivity index (χ0v) is 14.9. The highest BCUT2D eigenvalue weighted by Crippen LogP contribution is 2.45. The van der Waals surface area contributed by atoms with Crippen LogP contribution in [0.2, 0.25) is 0 Å². The minimum atomic E-state index is 0.0689. The van der Waals surface area contributed by atoms with E-state index >= 15 is 0 Å². The number of hydrogen-bond donors (Lipinski definition) is 1. The first-order valence-corrected chi connectivity index (χ1v) is 9.16. The van der Waals surface area contributed by atoms with Crippen molar-refractivity contribution in [3.05, 3.63) is 18.5 Å². The zero-order valence-electron chi connectivity index (χ0n) is 14.9. The Morgan fingerprint density at radius 1 is 1.20 bits per heavy atom. The van der Waals surface area contributed by atoms with E-state index in [0.29, 0.717) is 19.5 Å². The van der Waals surface area contributed by atoms with E-state index in [4.69, 9.17) is 0 Å². The minimum Gasteiger partial charge on any atom is -0.396 e. The molecule has 1 N–H and O–H groups in total. The van der Waals surface area contributed by atoms with Crippen molar-refractivity contribution in [1.82, 2.24) is 19.6 Å². The van der Waals surface area contributed by atoms with Crippen molar-refractivity contribution in [1.29, 1.82) is 0 Å². The lowest BCUT2D eigenvalue weighted by molar-refractivity contribution is -0.139. The van der Waals surface area contributed by atoms with E-state index in [1.54, 1.807) is 17.8 Å². The van der Waals surface area contributed by atoms with Crippen molar-refractivity contribution in [3.63, 3.8) is 0 Å². The number of carbonyl (C=O) groups is 2. The highest BCUT2D eigenvalue weighted by atomic mass is 16.3. The number of aromatic nitrogens is 2. The smallest absolute Gasteiger partial charge is 0.224 e. The van der Waals surface area contributed by atoms with Crippen LogP contribution >= 0.6 is 0 Å². The molecule has 1 aromatic heterocycles. The molecular weight excluding hydrogens is 320 g/mol. The number of aliphatic hydroxyl groups excluding tert-OH is 1. The largest absolute Gasteiger partial charge is 0.396 e. The molecule has 25 heavy (non-hydrogen) atoms. The third-order valence-corrected chi connectivity index (χ3v) is 6.08. The van der Waals surface area contributed by atoms with Crippen LogP contribution < -0.4 is 0 Å². The van der Waals surface area contributed by atoms with Gasteiger partial charge < -0.3 is 14.9 Å². The van der Waals surface area contributed by atoms with Gasteiger partial charge in [0.15, 0.2) is 0 Å². The highest BCUT2D eigenvalue weighted by Gasteiger charge is 2.45. The molecule has 1 atom stereocenters. The molecule has 7 nitrogen and oxygen atoms in total. The second-order valence-electron chi connectivity index (χ2n) is 7.36. The summed E-state index contributed by atoms with van der Waals surface area (Å²) in [7, 11) is 0. The molecule has 0 radical (unpaired) electrons. The molecule has 0 aromatic carbocycles. The van der Waals surface area contributed by atoms with Gasteiger partial charge in [0, 0.05) is 71.0 Å². The van der Waals surface area contributed by atoms with Gasteiger partial charge in [-0.3, -0.25) is 14.3 Å². The molecule has 7 heteroatoms. The molecule has 0 aliphatic carbocycles. The lowest BCUT2D eigenvalue weighted by atomic mass is 9.64. The molecule has 138 valence electrons. The molecule has 1 aromatic rings. The van der Waals surface area contributed by atoms with Crippen LogP contribution in [-0.2, 0) is 16.1 Å². The monoisotopic (exact) mass is 348 g/mol. The molecular formula is C18H28N4O3. The molecule has 2 fully saturated rings. The van der Waals surface area contributed by atoms with Gasteiger partial charge in [-0.2, -0.15) is 5.10 Å². The normalized spacial score (nSPS) is 23.0. The zero-order chi connectivity index (χ0) is 17.9. The van der Waals surface area contributed by atoms with E-state index in [9.17, 15) is 14.7 Å². The van der Waals surface area contributed by atoms with E-state index < -0.39 is 0 Å². The van der Waals surface area contributed by atoms with Gasteiger partial charge in [0.25, 0.3) is 0 Å². The first-order valence-electron chi connectivity index (χ1n) is 9.16. The molecule has 3 rings (SSSR count). The molecule has 2 saturated heterocycles. The van der Waals surface area contributed by atoms with Crippen LogP contribution in [-0.4, -0.2) is 69.3 Å². The second kappa shape index (κ2) is 7.56. The number of rotatable bonds is 4. The number of aliphatic hydroxyl groups is 1. The van der Waals surface area contributed by atoms with Crippen molar-refractivity contribution in [2.75, 3.05) is 32.8 Å². The maximum Gasteiger partial charge on any atom is 0.224 e. The third kappa shape index (κ3) is 3.86. The summed E-state index contributed by atoms with van der Waals surface area (Å²) in [4.78, 5) is 27.9. The number of nitrogens with zero attached hydrogens (tertiary/aromatic N) is 4. The fourth-order valence-corrected chi connectivity index (χ4v) is 4.31. The van der Waals surface area contributed by atoms with Gasteiger partial charge in [-0.25, -0.2) is 0 Å². The van der Waals surface area contributed by atoms with Gasteiger partial charge >= 0.3 is 0 Å². The van der Waals surface area contributed by atoms with Gasteiger partial charge in [-0.05, 0) is 30.7 Å². The van der Waals surface area contributed by atoms with Gasteiger partial charge in [0.2, 0.25) is 11.8 Å². The van der Waals surface area contributed by atoms with E-state index in [0.717, 1.165) is 38.9 Å².